The summed E-state index contributed by atoms with van der Waals surface area (Å²) in [6.07, 6.45) is 11.6. The molecular formula is C34H37N7. The number of piperidine rings is 1. The van der Waals surface area contributed by atoms with E-state index in [1.807, 2.05) is 24.4 Å². The first kappa shape index (κ1) is 24.9. The molecule has 7 heteroatoms. The van der Waals surface area contributed by atoms with E-state index in [1.165, 1.54) is 51.9 Å². The van der Waals surface area contributed by atoms with Gasteiger partial charge in [-0.25, -0.2) is 15.0 Å². The number of aromatic nitrogens is 4. The molecule has 2 N–H and O–H groups in total. The van der Waals surface area contributed by atoms with Gasteiger partial charge in [0.1, 0.15) is 22.9 Å². The molecule has 208 valence electrons. The third kappa shape index (κ3) is 4.48. The number of imidazole rings is 1. The van der Waals surface area contributed by atoms with Crippen LogP contribution in [0, 0.1) is 0 Å². The van der Waals surface area contributed by atoms with Crippen LogP contribution in [0.2, 0.25) is 0 Å². The Hall–Kier alpha value is -3.81. The number of nitrogen functional groups attached to an aromatic ring is 1. The quantitative estimate of drug-likeness (QED) is 0.293. The van der Waals surface area contributed by atoms with Crippen LogP contribution >= 0.6 is 0 Å². The number of benzene rings is 2. The number of rotatable bonds is 5. The second-order valence-corrected chi connectivity index (χ2v) is 12.2. The van der Waals surface area contributed by atoms with Crippen molar-refractivity contribution in [1.29, 1.82) is 0 Å². The van der Waals surface area contributed by atoms with Crippen LogP contribution in [-0.4, -0.2) is 67.4 Å². The van der Waals surface area contributed by atoms with E-state index in [1.54, 1.807) is 6.20 Å². The van der Waals surface area contributed by atoms with E-state index in [2.05, 4.69) is 61.6 Å². The van der Waals surface area contributed by atoms with Gasteiger partial charge in [-0.1, -0.05) is 48.5 Å². The number of fused-ring (bicyclic) bond motifs is 2. The number of likely N-dealkylation sites (tertiary alicyclic amines) is 2. The molecule has 5 heterocycles. The fraction of sp³-hybridized carbons (Fsp3) is 0.382. The number of nitrogens with two attached hydrogens (primary N) is 1. The third-order valence-corrected chi connectivity index (χ3v) is 9.80. The van der Waals surface area contributed by atoms with Crippen LogP contribution in [0.15, 0.2) is 73.1 Å². The van der Waals surface area contributed by atoms with Gasteiger partial charge in [0.25, 0.3) is 0 Å². The molecule has 2 saturated heterocycles. The van der Waals surface area contributed by atoms with Crippen molar-refractivity contribution in [3.63, 3.8) is 0 Å². The maximum atomic E-state index is 6.49. The molecule has 0 amide bonds. The lowest BCUT2D eigenvalue weighted by Crippen LogP contribution is -2.51. The Morgan fingerprint density at radius 1 is 0.756 bits per heavy atom. The van der Waals surface area contributed by atoms with Crippen molar-refractivity contribution in [3.05, 3.63) is 78.9 Å². The summed E-state index contributed by atoms with van der Waals surface area (Å²) >= 11 is 0. The highest BCUT2D eigenvalue weighted by Crippen LogP contribution is 2.43. The number of hydrogen-bond acceptors (Lipinski definition) is 6. The molecule has 0 radical (unpaired) electrons. The molecule has 0 spiro atoms. The predicted molar refractivity (Wildman–Crippen MR) is 165 cm³/mol. The van der Waals surface area contributed by atoms with Gasteiger partial charge >= 0.3 is 0 Å². The molecule has 2 aromatic carbocycles. The van der Waals surface area contributed by atoms with Crippen molar-refractivity contribution in [2.24, 2.45) is 0 Å². The van der Waals surface area contributed by atoms with Crippen LogP contribution in [0.4, 0.5) is 5.82 Å². The minimum Gasteiger partial charge on any atom is -0.382 e. The molecule has 0 bridgehead atoms. The van der Waals surface area contributed by atoms with Crippen LogP contribution in [0.5, 0.6) is 0 Å². The molecular weight excluding hydrogens is 506 g/mol. The monoisotopic (exact) mass is 543 g/mol. The third-order valence-electron chi connectivity index (χ3n) is 9.80. The van der Waals surface area contributed by atoms with E-state index in [0.29, 0.717) is 17.8 Å². The lowest BCUT2D eigenvalue weighted by Gasteiger charge is -2.46. The zero-order valence-electron chi connectivity index (χ0n) is 23.5. The minimum atomic E-state index is 0.433. The van der Waals surface area contributed by atoms with Crippen molar-refractivity contribution >= 4 is 22.2 Å². The van der Waals surface area contributed by atoms with E-state index in [9.17, 15) is 0 Å². The van der Waals surface area contributed by atoms with E-state index in [-0.39, 0.29) is 0 Å². The summed E-state index contributed by atoms with van der Waals surface area (Å²) in [5.41, 5.74) is 12.3. The van der Waals surface area contributed by atoms with Crippen LogP contribution in [0.1, 0.15) is 50.3 Å². The number of hydrogen-bond donors (Lipinski definition) is 1. The molecule has 3 aliphatic rings. The summed E-state index contributed by atoms with van der Waals surface area (Å²) in [6.45, 7) is 5.09. The molecule has 0 atom stereocenters. The lowest BCUT2D eigenvalue weighted by atomic mass is 9.78. The van der Waals surface area contributed by atoms with E-state index in [0.717, 1.165) is 63.6 Å². The topological polar surface area (TPSA) is 75.6 Å². The standard InChI is InChI=1S/C34H37N7/c35-33-32-31(25-9-8-24-10-11-29(37-30(24)22-25)23-6-2-1-3-7-23)38-34(41(32)19-14-36-33)26-20-28(21-26)40-17-12-27(13-18-40)39-15-4-5-16-39/h1-3,6-11,14,19,22,26-28H,4-5,12-13,15-18,20-21H2,(H2,35,36)/t26-,28+. The molecule has 7 nitrogen and oxygen atoms in total. The SMILES string of the molecule is Nc1nccn2c1c(-c1ccc3ccc(-c4ccccc4)nc3c1)nc2[C@H]1C[C@@H](N2CCC(N3CCCC3)CC2)C1. The highest BCUT2D eigenvalue weighted by atomic mass is 15.2. The Bertz CT molecular complexity index is 1690. The molecule has 8 rings (SSSR count). The summed E-state index contributed by atoms with van der Waals surface area (Å²) in [5.74, 6) is 2.06. The Morgan fingerprint density at radius 2 is 1.51 bits per heavy atom. The van der Waals surface area contributed by atoms with E-state index >= 15 is 0 Å². The zero-order valence-corrected chi connectivity index (χ0v) is 23.5. The molecule has 3 fully saturated rings. The lowest BCUT2D eigenvalue weighted by molar-refractivity contribution is 0.0525. The highest BCUT2D eigenvalue weighted by molar-refractivity contribution is 5.91. The fourth-order valence-electron chi connectivity index (χ4n) is 7.43. The molecule has 0 unspecified atom stereocenters. The molecule has 3 aromatic heterocycles. The highest BCUT2D eigenvalue weighted by Gasteiger charge is 2.39. The van der Waals surface area contributed by atoms with Gasteiger partial charge in [-0.15, -0.1) is 0 Å². The Morgan fingerprint density at radius 3 is 2.32 bits per heavy atom. The average molecular weight is 544 g/mol. The van der Waals surface area contributed by atoms with Crippen molar-refractivity contribution < 1.29 is 0 Å². The van der Waals surface area contributed by atoms with Crippen molar-refractivity contribution in [3.8, 4) is 22.5 Å². The molecule has 1 aliphatic carbocycles. The Kier molecular flexibility index (Phi) is 6.22. The first-order valence-electron chi connectivity index (χ1n) is 15.3. The van der Waals surface area contributed by atoms with Gasteiger partial charge in [-0.2, -0.15) is 0 Å². The van der Waals surface area contributed by atoms with Gasteiger partial charge < -0.3 is 15.5 Å². The first-order chi connectivity index (χ1) is 20.2. The van der Waals surface area contributed by atoms with Gasteiger partial charge in [-0.3, -0.25) is 4.40 Å². The number of nitrogens with zero attached hydrogens (tertiary/aromatic N) is 6. The van der Waals surface area contributed by atoms with Crippen LogP contribution < -0.4 is 5.73 Å². The van der Waals surface area contributed by atoms with E-state index in [4.69, 9.17) is 15.7 Å². The molecule has 1 saturated carbocycles. The van der Waals surface area contributed by atoms with E-state index < -0.39 is 0 Å². The zero-order chi connectivity index (χ0) is 27.3. The minimum absolute atomic E-state index is 0.433. The second-order valence-electron chi connectivity index (χ2n) is 12.2. The smallest absolute Gasteiger partial charge is 0.150 e. The van der Waals surface area contributed by atoms with Crippen molar-refractivity contribution in [1.82, 2.24) is 29.2 Å². The van der Waals surface area contributed by atoms with Gasteiger partial charge in [0.15, 0.2) is 0 Å². The summed E-state index contributed by atoms with van der Waals surface area (Å²) in [4.78, 5) is 20.2. The maximum absolute atomic E-state index is 6.49. The van der Waals surface area contributed by atoms with Gasteiger partial charge in [0.05, 0.1) is 11.2 Å². The molecule has 5 aromatic rings. The normalized spacial score (nSPS) is 22.4. The van der Waals surface area contributed by atoms with Crippen LogP contribution in [0.25, 0.3) is 38.9 Å². The van der Waals surface area contributed by atoms with Gasteiger partial charge in [0.2, 0.25) is 0 Å². The van der Waals surface area contributed by atoms with Gasteiger partial charge in [-0.05, 0) is 76.8 Å². The van der Waals surface area contributed by atoms with Crippen LogP contribution in [-0.2, 0) is 0 Å². The summed E-state index contributed by atoms with van der Waals surface area (Å²) in [5, 5.41) is 1.11. The summed E-state index contributed by atoms with van der Waals surface area (Å²) in [6, 6.07) is 22.4. The fourth-order valence-corrected chi connectivity index (χ4v) is 7.43. The van der Waals surface area contributed by atoms with Gasteiger partial charge in [0, 0.05) is 46.9 Å². The number of pyridine rings is 1. The largest absolute Gasteiger partial charge is 0.382 e. The average Bonchev–Trinajstić information content (AvgIpc) is 3.67. The molecule has 41 heavy (non-hydrogen) atoms. The maximum Gasteiger partial charge on any atom is 0.150 e. The first-order valence-corrected chi connectivity index (χ1v) is 15.3. The summed E-state index contributed by atoms with van der Waals surface area (Å²) in [7, 11) is 0. The van der Waals surface area contributed by atoms with Crippen molar-refractivity contribution in [2.45, 2.75) is 56.5 Å². The number of anilines is 1. The second kappa shape index (κ2) is 10.2. The van der Waals surface area contributed by atoms with Crippen LogP contribution in [0.3, 0.4) is 0 Å². The predicted octanol–water partition coefficient (Wildman–Crippen LogP) is 6.00. The molecule has 2 aliphatic heterocycles. The Labute approximate surface area is 241 Å². The summed E-state index contributed by atoms with van der Waals surface area (Å²) < 4.78 is 2.19. The Balaban J connectivity index is 1.06. The van der Waals surface area contributed by atoms with Crippen molar-refractivity contribution in [2.75, 3.05) is 31.9 Å².